The number of carbonyl (C=O) groups is 1. The molecule has 0 aliphatic heterocycles. The van der Waals surface area contributed by atoms with Crippen LogP contribution in [-0.2, 0) is 0 Å². The topological polar surface area (TPSA) is 17.1 Å². The van der Waals surface area contributed by atoms with E-state index in [4.69, 9.17) is 0 Å². The molecule has 0 radical (unpaired) electrons. The van der Waals surface area contributed by atoms with Crippen LogP contribution < -0.4 is 0 Å². The Balaban J connectivity index is 3.18. The van der Waals surface area contributed by atoms with Crippen LogP contribution in [-0.4, -0.2) is 5.78 Å². The molecule has 0 fully saturated rings. The van der Waals surface area contributed by atoms with E-state index in [1.165, 1.54) is 0 Å². The van der Waals surface area contributed by atoms with Crippen molar-refractivity contribution in [3.63, 3.8) is 0 Å². The number of carbonyl (C=O) groups excluding carboxylic acids is 1. The summed E-state index contributed by atoms with van der Waals surface area (Å²) in [5.41, 5.74) is 1.69. The van der Waals surface area contributed by atoms with Crippen molar-refractivity contribution in [2.24, 2.45) is 0 Å². The van der Waals surface area contributed by atoms with E-state index in [9.17, 15) is 4.79 Å². The average molecular weight is 237 g/mol. The van der Waals surface area contributed by atoms with Crippen LogP contribution >= 0.6 is 15.9 Å². The van der Waals surface area contributed by atoms with Gasteiger partial charge in [-0.3, -0.25) is 4.79 Å². The van der Waals surface area contributed by atoms with Gasteiger partial charge in [0.15, 0.2) is 0 Å². The molecular formula is C11H9BrO. The number of ketones is 1. The summed E-state index contributed by atoms with van der Waals surface area (Å²) in [6, 6.07) is 5.64. The van der Waals surface area contributed by atoms with Crippen LogP contribution in [0.1, 0.15) is 22.8 Å². The molecule has 0 N–H and O–H groups in total. The lowest BCUT2D eigenvalue weighted by atomic mass is 10.1. The zero-order chi connectivity index (χ0) is 9.84. The fourth-order valence-electron chi connectivity index (χ4n) is 0.994. The number of benzene rings is 1. The molecule has 0 aromatic heterocycles. The molecule has 2 heteroatoms. The Morgan fingerprint density at radius 2 is 2.15 bits per heavy atom. The summed E-state index contributed by atoms with van der Waals surface area (Å²) < 4.78 is 0.797. The second-order valence-electron chi connectivity index (χ2n) is 2.69. The summed E-state index contributed by atoms with van der Waals surface area (Å²) in [5, 5.41) is 0. The van der Waals surface area contributed by atoms with Gasteiger partial charge in [-0.15, -0.1) is 0 Å². The summed E-state index contributed by atoms with van der Waals surface area (Å²) in [5.74, 6) is 4.96. The van der Waals surface area contributed by atoms with E-state index in [1.54, 1.807) is 6.92 Å². The maximum absolute atomic E-state index is 11.4. The third-order valence-electron chi connectivity index (χ3n) is 1.61. The highest BCUT2D eigenvalue weighted by Crippen LogP contribution is 2.18. The first-order valence-electron chi connectivity index (χ1n) is 3.88. The van der Waals surface area contributed by atoms with Crippen molar-refractivity contribution in [3.05, 3.63) is 33.8 Å². The van der Waals surface area contributed by atoms with Crippen molar-refractivity contribution in [1.29, 1.82) is 0 Å². The van der Waals surface area contributed by atoms with Crippen LogP contribution in [0, 0.1) is 18.8 Å². The highest BCUT2D eigenvalue weighted by molar-refractivity contribution is 9.10. The van der Waals surface area contributed by atoms with Crippen molar-refractivity contribution in [2.45, 2.75) is 13.8 Å². The van der Waals surface area contributed by atoms with Gasteiger partial charge in [0.05, 0.1) is 0 Å². The molecular weight excluding hydrogens is 228 g/mol. The van der Waals surface area contributed by atoms with Crippen LogP contribution in [0.15, 0.2) is 22.7 Å². The molecule has 0 atom stereocenters. The van der Waals surface area contributed by atoms with E-state index >= 15 is 0 Å². The second kappa shape index (κ2) is 4.25. The Kier molecular flexibility index (Phi) is 3.27. The predicted molar refractivity (Wildman–Crippen MR) is 56.7 cm³/mol. The van der Waals surface area contributed by atoms with E-state index in [1.807, 2.05) is 25.1 Å². The largest absolute Gasteiger partial charge is 0.279 e. The Morgan fingerprint density at radius 3 is 2.77 bits per heavy atom. The first-order valence-corrected chi connectivity index (χ1v) is 4.67. The molecule has 0 aliphatic carbocycles. The molecule has 0 aliphatic rings. The molecule has 0 unspecified atom stereocenters. The number of Topliss-reactive ketones (excluding diaryl/α,β-unsaturated/α-hetero) is 1. The van der Waals surface area contributed by atoms with Crippen molar-refractivity contribution in [1.82, 2.24) is 0 Å². The number of aryl methyl sites for hydroxylation is 1. The Hall–Kier alpha value is -1.07. The van der Waals surface area contributed by atoms with Crippen LogP contribution in [0.4, 0.5) is 0 Å². The number of rotatable bonds is 1. The SMILES string of the molecule is CC#CC(=O)c1cc(C)ccc1Br. The molecule has 0 saturated carbocycles. The Morgan fingerprint density at radius 1 is 1.46 bits per heavy atom. The van der Waals surface area contributed by atoms with Gasteiger partial charge in [0.2, 0.25) is 5.78 Å². The van der Waals surface area contributed by atoms with E-state index in [-0.39, 0.29) is 5.78 Å². The Labute approximate surface area is 86.3 Å². The fraction of sp³-hybridized carbons (Fsp3) is 0.182. The minimum Gasteiger partial charge on any atom is -0.279 e. The number of halogens is 1. The molecule has 66 valence electrons. The molecule has 0 saturated heterocycles. The fourth-order valence-corrected chi connectivity index (χ4v) is 1.42. The lowest BCUT2D eigenvalue weighted by molar-refractivity contribution is 0.105. The van der Waals surface area contributed by atoms with Gasteiger partial charge < -0.3 is 0 Å². The quantitative estimate of drug-likeness (QED) is 0.417. The van der Waals surface area contributed by atoms with Gasteiger partial charge in [-0.2, -0.15) is 0 Å². The molecule has 1 rings (SSSR count). The van der Waals surface area contributed by atoms with Gasteiger partial charge in [0.25, 0.3) is 0 Å². The zero-order valence-corrected chi connectivity index (χ0v) is 9.10. The van der Waals surface area contributed by atoms with Gasteiger partial charge in [0.1, 0.15) is 0 Å². The molecule has 1 aromatic rings. The lowest BCUT2D eigenvalue weighted by Crippen LogP contribution is -1.96. The van der Waals surface area contributed by atoms with E-state index in [0.717, 1.165) is 10.0 Å². The second-order valence-corrected chi connectivity index (χ2v) is 3.54. The lowest BCUT2D eigenvalue weighted by Gasteiger charge is -1.99. The predicted octanol–water partition coefficient (Wildman–Crippen LogP) is 2.96. The average Bonchev–Trinajstić information content (AvgIpc) is 2.09. The summed E-state index contributed by atoms with van der Waals surface area (Å²) in [6.07, 6.45) is 0. The third kappa shape index (κ3) is 2.43. The summed E-state index contributed by atoms with van der Waals surface area (Å²) in [7, 11) is 0. The van der Waals surface area contributed by atoms with Gasteiger partial charge in [0, 0.05) is 10.0 Å². The van der Waals surface area contributed by atoms with E-state index in [2.05, 4.69) is 27.8 Å². The Bertz CT molecular complexity index is 396. The first kappa shape index (κ1) is 10.0. The normalized spacial score (nSPS) is 8.85. The standard InChI is InChI=1S/C11H9BrO/c1-3-4-11(13)9-7-8(2)5-6-10(9)12/h5-7H,1-2H3. The molecule has 13 heavy (non-hydrogen) atoms. The van der Waals surface area contributed by atoms with Crippen LogP contribution in [0.5, 0.6) is 0 Å². The number of hydrogen-bond donors (Lipinski definition) is 0. The zero-order valence-electron chi connectivity index (χ0n) is 7.52. The summed E-state index contributed by atoms with van der Waals surface area (Å²) >= 11 is 3.31. The van der Waals surface area contributed by atoms with E-state index in [0.29, 0.717) is 5.56 Å². The smallest absolute Gasteiger partial charge is 0.237 e. The van der Waals surface area contributed by atoms with Crippen LogP contribution in [0.3, 0.4) is 0 Å². The van der Waals surface area contributed by atoms with Gasteiger partial charge >= 0.3 is 0 Å². The van der Waals surface area contributed by atoms with Crippen LogP contribution in [0.25, 0.3) is 0 Å². The number of hydrogen-bond acceptors (Lipinski definition) is 1. The van der Waals surface area contributed by atoms with Gasteiger partial charge in [-0.05, 0) is 31.9 Å². The summed E-state index contributed by atoms with van der Waals surface area (Å²) in [6.45, 7) is 3.60. The monoisotopic (exact) mass is 236 g/mol. The molecule has 0 bridgehead atoms. The molecule has 0 heterocycles. The molecule has 0 spiro atoms. The van der Waals surface area contributed by atoms with Gasteiger partial charge in [-0.1, -0.05) is 33.5 Å². The summed E-state index contributed by atoms with van der Waals surface area (Å²) in [4.78, 5) is 11.4. The molecule has 0 amide bonds. The molecule has 1 aromatic carbocycles. The van der Waals surface area contributed by atoms with Crippen molar-refractivity contribution in [2.75, 3.05) is 0 Å². The first-order chi connectivity index (χ1) is 6.15. The maximum atomic E-state index is 11.4. The van der Waals surface area contributed by atoms with Gasteiger partial charge in [-0.25, -0.2) is 0 Å². The van der Waals surface area contributed by atoms with E-state index < -0.39 is 0 Å². The van der Waals surface area contributed by atoms with Crippen molar-refractivity contribution >= 4 is 21.7 Å². The minimum atomic E-state index is -0.141. The van der Waals surface area contributed by atoms with Crippen molar-refractivity contribution in [3.8, 4) is 11.8 Å². The third-order valence-corrected chi connectivity index (χ3v) is 2.30. The van der Waals surface area contributed by atoms with Crippen LogP contribution in [0.2, 0.25) is 0 Å². The minimum absolute atomic E-state index is 0.141. The highest BCUT2D eigenvalue weighted by Gasteiger charge is 2.06. The maximum Gasteiger partial charge on any atom is 0.237 e. The molecule has 1 nitrogen and oxygen atoms in total. The van der Waals surface area contributed by atoms with Crippen molar-refractivity contribution < 1.29 is 4.79 Å². The highest BCUT2D eigenvalue weighted by atomic mass is 79.9.